The van der Waals surface area contributed by atoms with Crippen LogP contribution in [0.5, 0.6) is 17.4 Å². The van der Waals surface area contributed by atoms with Crippen molar-refractivity contribution in [1.82, 2.24) is 4.57 Å². The molecule has 1 fully saturated rings. The van der Waals surface area contributed by atoms with Gasteiger partial charge in [-0.15, -0.1) is 0 Å². The number of nitriles is 1. The highest BCUT2D eigenvalue weighted by atomic mass is 16.5. The maximum Gasteiger partial charge on any atom is 0.271 e. The Bertz CT molecular complexity index is 980. The number of nitrogens with zero attached hydrogens (tertiary/aromatic N) is 2. The van der Waals surface area contributed by atoms with Crippen LogP contribution >= 0.6 is 0 Å². The van der Waals surface area contributed by atoms with E-state index in [-0.39, 0.29) is 35.2 Å². The van der Waals surface area contributed by atoms with Crippen LogP contribution in [0.25, 0.3) is 0 Å². The summed E-state index contributed by atoms with van der Waals surface area (Å²) in [6, 6.07) is 8.43. The third-order valence-electron chi connectivity index (χ3n) is 5.14. The minimum Gasteiger partial charge on any atom is -0.497 e. The monoisotopic (exact) mass is 382 g/mol. The van der Waals surface area contributed by atoms with Gasteiger partial charge in [0.2, 0.25) is 11.7 Å². The number of pyridine rings is 1. The van der Waals surface area contributed by atoms with Gasteiger partial charge in [0.05, 0.1) is 12.7 Å². The van der Waals surface area contributed by atoms with Crippen molar-refractivity contribution in [1.29, 1.82) is 5.26 Å². The number of benzene rings is 1. The smallest absolute Gasteiger partial charge is 0.271 e. The number of ketones is 1. The maximum absolute atomic E-state index is 12.8. The van der Waals surface area contributed by atoms with Gasteiger partial charge in [-0.05, 0) is 49.6 Å². The van der Waals surface area contributed by atoms with E-state index in [2.05, 4.69) is 0 Å². The number of carbonyl (C=O) groups excluding carboxylic acids is 1. The van der Waals surface area contributed by atoms with Crippen molar-refractivity contribution < 1.29 is 19.4 Å². The summed E-state index contributed by atoms with van der Waals surface area (Å²) < 4.78 is 11.8. The molecule has 0 bridgehead atoms. The number of carbonyl (C=O) groups is 1. The summed E-state index contributed by atoms with van der Waals surface area (Å²) in [5.74, 6) is 0.260. The number of aromatic hydroxyl groups is 1. The number of Topliss-reactive ketones (excluding diaryl/α,β-unsaturated/α-hetero) is 1. The van der Waals surface area contributed by atoms with Gasteiger partial charge in [0.25, 0.3) is 5.56 Å². The molecule has 28 heavy (non-hydrogen) atoms. The van der Waals surface area contributed by atoms with Crippen LogP contribution in [-0.2, 0) is 0 Å². The summed E-state index contributed by atoms with van der Waals surface area (Å²) in [5, 5.41) is 20.1. The van der Waals surface area contributed by atoms with E-state index < -0.39 is 11.3 Å². The molecule has 1 aromatic heterocycles. The van der Waals surface area contributed by atoms with E-state index in [0.717, 1.165) is 25.7 Å². The van der Waals surface area contributed by atoms with Crippen LogP contribution in [0.15, 0.2) is 29.1 Å². The highest BCUT2D eigenvalue weighted by Crippen LogP contribution is 2.34. The predicted octanol–water partition coefficient (Wildman–Crippen LogP) is 3.12. The molecule has 0 radical (unpaired) electrons. The van der Waals surface area contributed by atoms with E-state index in [9.17, 15) is 20.0 Å². The lowest BCUT2D eigenvalue weighted by Gasteiger charge is -2.20. The van der Waals surface area contributed by atoms with Gasteiger partial charge in [0, 0.05) is 6.04 Å². The second-order valence-electron chi connectivity index (χ2n) is 6.81. The van der Waals surface area contributed by atoms with Gasteiger partial charge < -0.3 is 14.6 Å². The van der Waals surface area contributed by atoms with E-state index in [1.807, 2.05) is 6.07 Å². The molecule has 1 heterocycles. The van der Waals surface area contributed by atoms with Crippen LogP contribution in [-0.4, -0.2) is 29.2 Å². The summed E-state index contributed by atoms with van der Waals surface area (Å²) in [6.07, 6.45) is 3.35. The molecule has 1 saturated carbocycles. The lowest BCUT2D eigenvalue weighted by molar-refractivity contribution is 0.0916. The van der Waals surface area contributed by atoms with Crippen LogP contribution in [0.2, 0.25) is 0 Å². The summed E-state index contributed by atoms with van der Waals surface area (Å²) in [4.78, 5) is 25.5. The SMILES string of the molecule is COc1ccc(OCC(=O)c2c(C)c(C#N)c(=O)n(C3CCCC3)c2O)cc1. The topological polar surface area (TPSA) is 102 Å². The average molecular weight is 382 g/mol. The second-order valence-corrected chi connectivity index (χ2v) is 6.81. The van der Waals surface area contributed by atoms with E-state index in [1.54, 1.807) is 31.4 Å². The summed E-state index contributed by atoms with van der Waals surface area (Å²) in [6.45, 7) is 1.17. The van der Waals surface area contributed by atoms with Crippen molar-refractivity contribution in [3.05, 3.63) is 51.3 Å². The summed E-state index contributed by atoms with van der Waals surface area (Å²) in [7, 11) is 1.55. The fourth-order valence-electron chi connectivity index (χ4n) is 3.65. The number of ether oxygens (including phenoxy) is 2. The Morgan fingerprint density at radius 3 is 2.43 bits per heavy atom. The zero-order valence-electron chi connectivity index (χ0n) is 15.9. The quantitative estimate of drug-likeness (QED) is 0.770. The molecule has 7 heteroatoms. The maximum atomic E-state index is 12.8. The largest absolute Gasteiger partial charge is 0.497 e. The fourth-order valence-corrected chi connectivity index (χ4v) is 3.65. The Balaban J connectivity index is 1.93. The normalized spacial score (nSPS) is 13.9. The number of hydrogen-bond acceptors (Lipinski definition) is 6. The van der Waals surface area contributed by atoms with Crippen LogP contribution in [0.1, 0.15) is 53.2 Å². The Labute approximate surface area is 162 Å². The first kappa shape index (κ1) is 19.5. The molecular formula is C21H22N2O5. The number of methoxy groups -OCH3 is 1. The van der Waals surface area contributed by atoms with Crippen LogP contribution in [0.3, 0.4) is 0 Å². The van der Waals surface area contributed by atoms with Gasteiger partial charge in [-0.2, -0.15) is 5.26 Å². The summed E-state index contributed by atoms with van der Waals surface area (Å²) in [5.41, 5.74) is -0.506. The average Bonchev–Trinajstić information content (AvgIpc) is 3.21. The molecule has 1 aliphatic rings. The third-order valence-corrected chi connectivity index (χ3v) is 5.14. The minimum absolute atomic E-state index is 0.0310. The van der Waals surface area contributed by atoms with E-state index in [0.29, 0.717) is 11.5 Å². The van der Waals surface area contributed by atoms with Crippen molar-refractivity contribution in [2.45, 2.75) is 38.6 Å². The van der Waals surface area contributed by atoms with E-state index in [4.69, 9.17) is 9.47 Å². The van der Waals surface area contributed by atoms with Gasteiger partial charge >= 0.3 is 0 Å². The van der Waals surface area contributed by atoms with E-state index >= 15 is 0 Å². The minimum atomic E-state index is -0.544. The zero-order chi connectivity index (χ0) is 20.3. The van der Waals surface area contributed by atoms with Gasteiger partial charge in [-0.1, -0.05) is 12.8 Å². The van der Waals surface area contributed by atoms with Crippen LogP contribution < -0.4 is 15.0 Å². The standard InChI is InChI=1S/C21H22N2O5/c1-13-17(11-22)20(25)23(14-5-3-4-6-14)21(26)19(13)18(24)12-28-16-9-7-15(27-2)8-10-16/h7-10,14,26H,3-6,12H2,1-2H3. The predicted molar refractivity (Wildman–Crippen MR) is 102 cm³/mol. The Morgan fingerprint density at radius 1 is 1.25 bits per heavy atom. The Morgan fingerprint density at radius 2 is 1.86 bits per heavy atom. The molecule has 146 valence electrons. The van der Waals surface area contributed by atoms with Crippen molar-refractivity contribution in [3.8, 4) is 23.4 Å². The van der Waals surface area contributed by atoms with Gasteiger partial charge in [0.1, 0.15) is 23.1 Å². The van der Waals surface area contributed by atoms with Gasteiger partial charge in [-0.25, -0.2) is 0 Å². The molecule has 0 saturated heterocycles. The van der Waals surface area contributed by atoms with Crippen molar-refractivity contribution in [2.75, 3.05) is 13.7 Å². The van der Waals surface area contributed by atoms with Crippen LogP contribution in [0, 0.1) is 18.3 Å². The molecule has 1 N–H and O–H groups in total. The van der Waals surface area contributed by atoms with E-state index in [1.165, 1.54) is 11.5 Å². The highest BCUT2D eigenvalue weighted by Gasteiger charge is 2.29. The number of rotatable bonds is 6. The highest BCUT2D eigenvalue weighted by molar-refractivity contribution is 6.01. The van der Waals surface area contributed by atoms with Crippen molar-refractivity contribution >= 4 is 5.78 Å². The molecule has 0 aliphatic heterocycles. The molecular weight excluding hydrogens is 360 g/mol. The first-order valence-corrected chi connectivity index (χ1v) is 9.16. The molecule has 1 aliphatic carbocycles. The summed E-state index contributed by atoms with van der Waals surface area (Å²) >= 11 is 0. The molecule has 0 amide bonds. The zero-order valence-corrected chi connectivity index (χ0v) is 15.9. The van der Waals surface area contributed by atoms with Crippen LogP contribution in [0.4, 0.5) is 0 Å². The number of aromatic nitrogens is 1. The lowest BCUT2D eigenvalue weighted by atomic mass is 10.0. The third kappa shape index (κ3) is 3.58. The Kier molecular flexibility index (Phi) is 5.69. The first-order valence-electron chi connectivity index (χ1n) is 9.16. The van der Waals surface area contributed by atoms with Crippen molar-refractivity contribution in [2.24, 2.45) is 0 Å². The van der Waals surface area contributed by atoms with Crippen molar-refractivity contribution in [3.63, 3.8) is 0 Å². The molecule has 7 nitrogen and oxygen atoms in total. The lowest BCUT2D eigenvalue weighted by Crippen LogP contribution is -2.29. The molecule has 2 aromatic rings. The molecule has 1 aromatic carbocycles. The molecule has 0 unspecified atom stereocenters. The van der Waals surface area contributed by atoms with Gasteiger partial charge in [0.15, 0.2) is 6.61 Å². The molecule has 3 rings (SSSR count). The fraction of sp³-hybridized carbons (Fsp3) is 0.381. The second kappa shape index (κ2) is 8.17. The molecule has 0 spiro atoms. The Hall–Kier alpha value is -3.27. The van der Waals surface area contributed by atoms with Gasteiger partial charge in [-0.3, -0.25) is 14.2 Å². The number of hydrogen-bond donors (Lipinski definition) is 1. The first-order chi connectivity index (χ1) is 13.5. The molecule has 0 atom stereocenters.